The third kappa shape index (κ3) is 4.73. The van der Waals surface area contributed by atoms with E-state index in [2.05, 4.69) is 82.6 Å². The van der Waals surface area contributed by atoms with Crippen LogP contribution in [0.25, 0.3) is 16.9 Å². The molecule has 5 rings (SSSR count). The lowest BCUT2D eigenvalue weighted by Crippen LogP contribution is -2.47. The number of nitrogens with zero attached hydrogens (tertiary/aromatic N) is 5. The van der Waals surface area contributed by atoms with Crippen LogP contribution >= 0.6 is 0 Å². The van der Waals surface area contributed by atoms with Crippen molar-refractivity contribution in [2.45, 2.75) is 46.2 Å². The van der Waals surface area contributed by atoms with Crippen molar-refractivity contribution in [2.24, 2.45) is 0 Å². The maximum absolute atomic E-state index is 12.3. The lowest BCUT2D eigenvalue weighted by Gasteiger charge is -2.36. The van der Waals surface area contributed by atoms with Crippen molar-refractivity contribution < 1.29 is 0 Å². The van der Waals surface area contributed by atoms with Crippen molar-refractivity contribution in [1.29, 1.82) is 0 Å². The second-order valence-electron chi connectivity index (χ2n) is 10.5. The van der Waals surface area contributed by atoms with Gasteiger partial charge in [0.05, 0.1) is 5.69 Å². The lowest BCUT2D eigenvalue weighted by atomic mass is 9.86. The molecule has 0 unspecified atom stereocenters. The number of hydrogen-bond donors (Lipinski definition) is 1. The quantitative estimate of drug-likeness (QED) is 0.467. The fraction of sp³-hybridized carbons (Fsp3) is 0.393. The smallest absolute Gasteiger partial charge is 0.328 e. The lowest BCUT2D eigenvalue weighted by molar-refractivity contribution is 0.247. The number of nitrogens with one attached hydrogen (secondary N) is 1. The maximum atomic E-state index is 12.3. The number of pyridine rings is 1. The number of aryl methyl sites for hydroxylation is 1. The molecule has 0 amide bonds. The van der Waals surface area contributed by atoms with E-state index in [1.54, 1.807) is 10.8 Å². The normalized spacial score (nSPS) is 15.1. The molecule has 4 aromatic rings. The summed E-state index contributed by atoms with van der Waals surface area (Å²) in [5.41, 5.74) is 4.42. The maximum Gasteiger partial charge on any atom is 0.328 e. The number of benzene rings is 1. The van der Waals surface area contributed by atoms with Crippen molar-refractivity contribution in [2.75, 3.05) is 31.1 Å². The molecule has 8 heteroatoms. The van der Waals surface area contributed by atoms with Crippen LogP contribution in [0.5, 0.6) is 0 Å². The monoisotopic (exact) mass is 486 g/mol. The highest BCUT2D eigenvalue weighted by molar-refractivity contribution is 5.65. The van der Waals surface area contributed by atoms with E-state index in [-0.39, 0.29) is 16.7 Å². The number of fused-ring (bicyclic) bond motifs is 1. The van der Waals surface area contributed by atoms with Gasteiger partial charge in [-0.3, -0.25) is 19.1 Å². The van der Waals surface area contributed by atoms with Crippen LogP contribution in [0.3, 0.4) is 0 Å². The van der Waals surface area contributed by atoms with Crippen molar-refractivity contribution in [3.63, 3.8) is 0 Å². The van der Waals surface area contributed by atoms with E-state index < -0.39 is 0 Å². The van der Waals surface area contributed by atoms with Crippen LogP contribution in [0.1, 0.15) is 38.8 Å². The summed E-state index contributed by atoms with van der Waals surface area (Å²) in [6, 6.07) is 14.9. The minimum Gasteiger partial charge on any atom is -0.355 e. The van der Waals surface area contributed by atoms with Crippen LogP contribution < -0.4 is 16.1 Å². The minimum absolute atomic E-state index is 0.122. The van der Waals surface area contributed by atoms with Crippen molar-refractivity contribution in [3.8, 4) is 11.3 Å². The second-order valence-corrected chi connectivity index (χ2v) is 10.5. The highest BCUT2D eigenvalue weighted by Gasteiger charge is 2.21. The Kier molecular flexibility index (Phi) is 6.30. The number of aromatic nitrogens is 4. The van der Waals surface area contributed by atoms with Crippen molar-refractivity contribution in [1.82, 2.24) is 23.8 Å². The summed E-state index contributed by atoms with van der Waals surface area (Å²) in [5, 5.41) is 0. The second kappa shape index (κ2) is 9.43. The first-order chi connectivity index (χ1) is 17.2. The van der Waals surface area contributed by atoms with E-state index >= 15 is 0 Å². The predicted molar refractivity (Wildman–Crippen MR) is 144 cm³/mol. The molecule has 0 spiro atoms. The van der Waals surface area contributed by atoms with Crippen LogP contribution in [0.15, 0.2) is 64.4 Å². The summed E-state index contributed by atoms with van der Waals surface area (Å²) in [5.74, 6) is 1.12. The Morgan fingerprint density at radius 1 is 0.944 bits per heavy atom. The van der Waals surface area contributed by atoms with E-state index in [0.29, 0.717) is 18.7 Å². The van der Waals surface area contributed by atoms with Crippen LogP contribution in [0.2, 0.25) is 0 Å². The molecule has 0 aliphatic carbocycles. The third-order valence-electron chi connectivity index (χ3n) is 7.03. The standard InChI is InChI=1S/C28H34N6O2/c1-5-32-18-21(26(35)30-27(32)36)17-31-13-15-33(16-14-31)25-8-6-7-24-29-23(19-34(24)25)20-9-11-22(12-10-20)28(2,3)4/h6-12,18-19H,5,13-17H2,1-4H3,(H,30,35,36). The first-order valence-corrected chi connectivity index (χ1v) is 12.6. The van der Waals surface area contributed by atoms with Crippen LogP contribution in [0, 0.1) is 0 Å². The molecular formula is C28H34N6O2. The number of rotatable bonds is 5. The first kappa shape index (κ1) is 24.1. The first-order valence-electron chi connectivity index (χ1n) is 12.6. The predicted octanol–water partition coefficient (Wildman–Crippen LogP) is 3.49. The molecule has 8 nitrogen and oxygen atoms in total. The molecule has 1 N–H and O–H groups in total. The van der Waals surface area contributed by atoms with E-state index in [4.69, 9.17) is 4.98 Å². The topological polar surface area (TPSA) is 78.6 Å². The largest absolute Gasteiger partial charge is 0.355 e. The fourth-order valence-electron chi connectivity index (χ4n) is 4.81. The Labute approximate surface area is 210 Å². The van der Waals surface area contributed by atoms with Crippen LogP contribution in [-0.2, 0) is 18.5 Å². The number of H-pyrrole nitrogens is 1. The zero-order valence-electron chi connectivity index (χ0n) is 21.5. The molecule has 0 saturated carbocycles. The van der Waals surface area contributed by atoms with Crippen molar-refractivity contribution >= 4 is 11.5 Å². The molecule has 3 aromatic heterocycles. The Bertz CT molecular complexity index is 1480. The molecule has 0 atom stereocenters. The van der Waals surface area contributed by atoms with Gasteiger partial charge in [-0.2, -0.15) is 0 Å². The number of hydrogen-bond acceptors (Lipinski definition) is 5. The van der Waals surface area contributed by atoms with E-state index in [9.17, 15) is 9.59 Å². The molecule has 1 aliphatic rings. The summed E-state index contributed by atoms with van der Waals surface area (Å²) in [6.07, 6.45) is 3.81. The number of imidazole rings is 1. The molecule has 0 bridgehead atoms. The van der Waals surface area contributed by atoms with Gasteiger partial charge in [0.1, 0.15) is 11.5 Å². The zero-order valence-corrected chi connectivity index (χ0v) is 21.5. The minimum atomic E-state index is -0.353. The molecular weight excluding hydrogens is 452 g/mol. The molecule has 4 heterocycles. The van der Waals surface area contributed by atoms with E-state index in [1.165, 1.54) is 5.56 Å². The molecule has 1 saturated heterocycles. The van der Waals surface area contributed by atoms with E-state index in [1.807, 2.05) is 13.0 Å². The molecule has 0 radical (unpaired) electrons. The van der Waals surface area contributed by atoms with Gasteiger partial charge in [0.15, 0.2) is 0 Å². The average Bonchev–Trinajstić information content (AvgIpc) is 3.30. The van der Waals surface area contributed by atoms with Crippen LogP contribution in [0.4, 0.5) is 5.82 Å². The van der Waals surface area contributed by atoms with Gasteiger partial charge < -0.3 is 9.47 Å². The van der Waals surface area contributed by atoms with Gasteiger partial charge >= 0.3 is 5.69 Å². The van der Waals surface area contributed by atoms with Gasteiger partial charge in [0, 0.05) is 62.8 Å². The molecule has 1 fully saturated rings. The summed E-state index contributed by atoms with van der Waals surface area (Å²) >= 11 is 0. The highest BCUT2D eigenvalue weighted by Crippen LogP contribution is 2.28. The molecule has 188 valence electrons. The Morgan fingerprint density at radius 2 is 1.67 bits per heavy atom. The SMILES string of the molecule is CCn1cc(CN2CCN(c3cccc4nc(-c5ccc(C(C)(C)C)cc5)cn34)CC2)c(=O)[nH]c1=O. The highest BCUT2D eigenvalue weighted by atomic mass is 16.2. The molecule has 36 heavy (non-hydrogen) atoms. The summed E-state index contributed by atoms with van der Waals surface area (Å²) < 4.78 is 3.71. The average molecular weight is 487 g/mol. The summed E-state index contributed by atoms with van der Waals surface area (Å²) in [6.45, 7) is 13.0. The molecule has 1 aliphatic heterocycles. The van der Waals surface area contributed by atoms with Gasteiger partial charge in [-0.05, 0) is 30.0 Å². The van der Waals surface area contributed by atoms with Gasteiger partial charge in [-0.1, -0.05) is 51.1 Å². The summed E-state index contributed by atoms with van der Waals surface area (Å²) in [7, 11) is 0. The van der Waals surface area contributed by atoms with Gasteiger partial charge in [-0.15, -0.1) is 0 Å². The Hall–Kier alpha value is -3.65. The number of aromatic amines is 1. The van der Waals surface area contributed by atoms with Crippen LogP contribution in [-0.4, -0.2) is 50.0 Å². The van der Waals surface area contributed by atoms with E-state index in [0.717, 1.165) is 48.9 Å². The summed E-state index contributed by atoms with van der Waals surface area (Å²) in [4.78, 5) is 36.1. The number of piperazine rings is 1. The van der Waals surface area contributed by atoms with Crippen molar-refractivity contribution in [3.05, 3.63) is 86.8 Å². The van der Waals surface area contributed by atoms with Gasteiger partial charge in [-0.25, -0.2) is 9.78 Å². The Balaban J connectivity index is 1.32. The van der Waals surface area contributed by atoms with Gasteiger partial charge in [0.25, 0.3) is 5.56 Å². The zero-order chi connectivity index (χ0) is 25.4. The number of anilines is 1. The molecule has 1 aromatic carbocycles. The van der Waals surface area contributed by atoms with Gasteiger partial charge in [0.2, 0.25) is 0 Å². The third-order valence-corrected chi connectivity index (χ3v) is 7.03. The fourth-order valence-corrected chi connectivity index (χ4v) is 4.81. The Morgan fingerprint density at radius 3 is 2.33 bits per heavy atom.